The molecule has 4 rings (SSSR count). The molecule has 2 aromatic heterocycles. The summed E-state index contributed by atoms with van der Waals surface area (Å²) in [4.78, 5) is 10.2. The Morgan fingerprint density at radius 3 is 2.80 bits per heavy atom. The Morgan fingerprint density at radius 2 is 2.07 bits per heavy atom. The third-order valence-corrected chi connectivity index (χ3v) is 6.38. The first-order chi connectivity index (χ1) is 14.5. The second kappa shape index (κ2) is 9.34. The Kier molecular flexibility index (Phi) is 6.58. The number of hydrogen-bond donors (Lipinski definition) is 1. The predicted molar refractivity (Wildman–Crippen MR) is 112 cm³/mol. The zero-order valence-electron chi connectivity index (χ0n) is 16.9. The van der Waals surface area contributed by atoms with E-state index in [4.69, 9.17) is 4.42 Å². The summed E-state index contributed by atoms with van der Waals surface area (Å²) >= 11 is 1.60. The quantitative estimate of drug-likeness (QED) is 0.609. The number of aromatic nitrogens is 1. The fourth-order valence-electron chi connectivity index (χ4n) is 3.90. The van der Waals surface area contributed by atoms with Crippen molar-refractivity contribution in [2.75, 3.05) is 26.2 Å². The molecule has 160 valence electrons. The van der Waals surface area contributed by atoms with E-state index in [0.717, 1.165) is 41.5 Å². The molecule has 0 radical (unpaired) electrons. The van der Waals surface area contributed by atoms with Crippen LogP contribution in [0.2, 0.25) is 0 Å². The van der Waals surface area contributed by atoms with Crippen molar-refractivity contribution >= 4 is 11.3 Å². The van der Waals surface area contributed by atoms with Gasteiger partial charge in [-0.25, -0.2) is 13.8 Å². The highest BCUT2D eigenvalue weighted by Crippen LogP contribution is 2.27. The van der Waals surface area contributed by atoms with Crippen molar-refractivity contribution < 1.29 is 18.3 Å². The van der Waals surface area contributed by atoms with Gasteiger partial charge in [0.2, 0.25) is 5.89 Å². The van der Waals surface area contributed by atoms with Gasteiger partial charge in [0, 0.05) is 45.4 Å². The number of aliphatic hydroxyl groups excluding tert-OH is 1. The van der Waals surface area contributed by atoms with Crippen LogP contribution in [0.15, 0.2) is 40.1 Å². The number of aryl methyl sites for hydroxylation is 1. The molecule has 1 aliphatic rings. The SMILES string of the molecule is Cc1oc(-c2cccs2)nc1CN1CCN(Cc2ccc(F)c(F)c2)[C@H](CCO)C1. The number of halogens is 2. The maximum Gasteiger partial charge on any atom is 0.236 e. The van der Waals surface area contributed by atoms with Crippen molar-refractivity contribution in [2.45, 2.75) is 32.5 Å². The molecule has 1 fully saturated rings. The maximum absolute atomic E-state index is 13.6. The Balaban J connectivity index is 1.42. The lowest BCUT2D eigenvalue weighted by Gasteiger charge is -2.41. The van der Waals surface area contributed by atoms with Gasteiger partial charge in [0.15, 0.2) is 11.6 Å². The summed E-state index contributed by atoms with van der Waals surface area (Å²) < 4.78 is 32.6. The van der Waals surface area contributed by atoms with Gasteiger partial charge in [-0.3, -0.25) is 9.80 Å². The van der Waals surface area contributed by atoms with Gasteiger partial charge in [0.1, 0.15) is 5.76 Å². The first-order valence-corrected chi connectivity index (χ1v) is 10.9. The van der Waals surface area contributed by atoms with E-state index in [1.165, 1.54) is 12.1 Å². The average molecular weight is 434 g/mol. The topological polar surface area (TPSA) is 52.7 Å². The fourth-order valence-corrected chi connectivity index (χ4v) is 4.55. The van der Waals surface area contributed by atoms with Gasteiger partial charge in [-0.15, -0.1) is 11.3 Å². The summed E-state index contributed by atoms with van der Waals surface area (Å²) in [7, 11) is 0. The monoisotopic (exact) mass is 433 g/mol. The Hall–Kier alpha value is -2.13. The van der Waals surface area contributed by atoms with Gasteiger partial charge in [0.25, 0.3) is 0 Å². The molecule has 1 N–H and O–H groups in total. The van der Waals surface area contributed by atoms with Crippen LogP contribution in [0.25, 0.3) is 10.8 Å². The van der Waals surface area contributed by atoms with Crippen LogP contribution in [0.1, 0.15) is 23.4 Å². The molecule has 30 heavy (non-hydrogen) atoms. The highest BCUT2D eigenvalue weighted by molar-refractivity contribution is 7.13. The zero-order valence-corrected chi connectivity index (χ0v) is 17.7. The van der Waals surface area contributed by atoms with Crippen molar-refractivity contribution in [3.63, 3.8) is 0 Å². The zero-order chi connectivity index (χ0) is 21.1. The number of nitrogens with zero attached hydrogens (tertiary/aromatic N) is 3. The van der Waals surface area contributed by atoms with E-state index in [9.17, 15) is 13.9 Å². The lowest BCUT2D eigenvalue weighted by molar-refractivity contribution is 0.0492. The molecule has 0 amide bonds. The fraction of sp³-hybridized carbons (Fsp3) is 0.409. The standard InChI is InChI=1S/C22H25F2N3O2S/c1-15-20(25-22(29-15)21-3-2-10-30-21)14-26-7-8-27(17(13-26)6-9-28)12-16-4-5-18(23)19(24)11-16/h2-5,10-11,17,28H,6-9,12-14H2,1H3/t17-/m1/s1. The predicted octanol–water partition coefficient (Wildman–Crippen LogP) is 4.06. The minimum absolute atomic E-state index is 0.0816. The minimum atomic E-state index is -0.833. The van der Waals surface area contributed by atoms with Crippen molar-refractivity contribution in [1.82, 2.24) is 14.8 Å². The molecule has 1 atom stereocenters. The van der Waals surface area contributed by atoms with Gasteiger partial charge in [-0.1, -0.05) is 12.1 Å². The van der Waals surface area contributed by atoms with Gasteiger partial charge >= 0.3 is 0 Å². The summed E-state index contributed by atoms with van der Waals surface area (Å²) in [6.07, 6.45) is 0.623. The van der Waals surface area contributed by atoms with E-state index in [0.29, 0.717) is 25.4 Å². The van der Waals surface area contributed by atoms with E-state index in [-0.39, 0.29) is 12.6 Å². The van der Waals surface area contributed by atoms with Gasteiger partial charge in [-0.05, 0) is 42.5 Å². The van der Waals surface area contributed by atoms with Crippen molar-refractivity contribution in [3.05, 3.63) is 64.4 Å². The van der Waals surface area contributed by atoms with E-state index in [1.54, 1.807) is 17.4 Å². The molecule has 3 heterocycles. The normalized spacial score (nSPS) is 18.2. The van der Waals surface area contributed by atoms with Gasteiger partial charge < -0.3 is 9.52 Å². The molecular formula is C22H25F2N3O2S. The summed E-state index contributed by atoms with van der Waals surface area (Å²) in [6, 6.07) is 8.13. The molecule has 0 spiro atoms. The number of hydrogen-bond acceptors (Lipinski definition) is 6. The third kappa shape index (κ3) is 4.78. The molecule has 8 heteroatoms. The van der Waals surface area contributed by atoms with Crippen LogP contribution >= 0.6 is 11.3 Å². The molecule has 1 saturated heterocycles. The van der Waals surface area contributed by atoms with Crippen LogP contribution in [-0.2, 0) is 13.1 Å². The molecule has 0 aliphatic carbocycles. The summed E-state index contributed by atoms with van der Waals surface area (Å²) in [5.41, 5.74) is 1.66. The summed E-state index contributed by atoms with van der Waals surface area (Å²) in [5, 5.41) is 11.5. The number of oxazole rings is 1. The second-order valence-corrected chi connectivity index (χ2v) is 8.57. The number of thiophene rings is 1. The second-order valence-electron chi connectivity index (χ2n) is 7.62. The van der Waals surface area contributed by atoms with E-state index in [1.807, 2.05) is 24.4 Å². The molecule has 0 saturated carbocycles. The van der Waals surface area contributed by atoms with E-state index < -0.39 is 11.6 Å². The number of piperazine rings is 1. The lowest BCUT2D eigenvalue weighted by Crippen LogP contribution is -2.52. The number of aliphatic hydroxyl groups is 1. The van der Waals surface area contributed by atoms with Gasteiger partial charge in [-0.2, -0.15) is 0 Å². The summed E-state index contributed by atoms with van der Waals surface area (Å²) in [6.45, 7) is 5.60. The van der Waals surface area contributed by atoms with Crippen LogP contribution in [-0.4, -0.2) is 52.2 Å². The van der Waals surface area contributed by atoms with Crippen LogP contribution in [0.3, 0.4) is 0 Å². The number of rotatable bonds is 7. The largest absolute Gasteiger partial charge is 0.440 e. The molecule has 1 aromatic carbocycles. The molecule has 0 bridgehead atoms. The summed E-state index contributed by atoms with van der Waals surface area (Å²) in [5.74, 6) is -0.184. The first-order valence-electron chi connectivity index (χ1n) is 10.0. The van der Waals surface area contributed by atoms with E-state index >= 15 is 0 Å². The van der Waals surface area contributed by atoms with Gasteiger partial charge in [0.05, 0.1) is 10.6 Å². The third-order valence-electron chi connectivity index (χ3n) is 5.52. The van der Waals surface area contributed by atoms with Crippen LogP contribution in [0, 0.1) is 18.6 Å². The minimum Gasteiger partial charge on any atom is -0.440 e. The smallest absolute Gasteiger partial charge is 0.236 e. The van der Waals surface area contributed by atoms with E-state index in [2.05, 4.69) is 14.8 Å². The van der Waals surface area contributed by atoms with Crippen LogP contribution < -0.4 is 0 Å². The average Bonchev–Trinajstić information content (AvgIpc) is 3.37. The lowest BCUT2D eigenvalue weighted by atomic mass is 10.1. The highest BCUT2D eigenvalue weighted by atomic mass is 32.1. The Bertz CT molecular complexity index is 977. The Morgan fingerprint density at radius 1 is 1.20 bits per heavy atom. The molecule has 3 aromatic rings. The van der Waals surface area contributed by atoms with Crippen LogP contribution in [0.4, 0.5) is 8.78 Å². The van der Waals surface area contributed by atoms with Crippen molar-refractivity contribution in [3.8, 4) is 10.8 Å². The van der Waals surface area contributed by atoms with Crippen LogP contribution in [0.5, 0.6) is 0 Å². The van der Waals surface area contributed by atoms with Crippen molar-refractivity contribution in [1.29, 1.82) is 0 Å². The molecule has 0 unspecified atom stereocenters. The maximum atomic E-state index is 13.6. The Labute approximate surface area is 178 Å². The number of benzene rings is 1. The highest BCUT2D eigenvalue weighted by Gasteiger charge is 2.28. The molecule has 5 nitrogen and oxygen atoms in total. The molecule has 1 aliphatic heterocycles. The first kappa shape index (κ1) is 21.1. The van der Waals surface area contributed by atoms with Crippen molar-refractivity contribution in [2.24, 2.45) is 0 Å². The molecular weight excluding hydrogens is 408 g/mol.